The molecule has 21 heavy (non-hydrogen) atoms. The number of nitrogens with zero attached hydrogens (tertiary/aromatic N) is 2. The van der Waals surface area contributed by atoms with Gasteiger partial charge in [-0.15, -0.1) is 0 Å². The van der Waals surface area contributed by atoms with Crippen LogP contribution in [0.25, 0.3) is 0 Å². The molecule has 2 atom stereocenters. The summed E-state index contributed by atoms with van der Waals surface area (Å²) in [5.41, 5.74) is 3.54. The predicted molar refractivity (Wildman–Crippen MR) is 81.3 cm³/mol. The first kappa shape index (κ1) is 15.0. The topological polar surface area (TPSA) is 48.3 Å². The van der Waals surface area contributed by atoms with Crippen LogP contribution < -0.4 is 5.32 Å². The van der Waals surface area contributed by atoms with Gasteiger partial charge in [-0.25, -0.2) is 0 Å². The van der Waals surface area contributed by atoms with Crippen LogP contribution in [-0.2, 0) is 16.5 Å². The van der Waals surface area contributed by atoms with Gasteiger partial charge in [-0.3, -0.25) is 4.68 Å². The molecule has 1 saturated heterocycles. The van der Waals surface area contributed by atoms with E-state index in [0.29, 0.717) is 6.04 Å². The number of hydrogen-bond acceptors (Lipinski definition) is 4. The quantitative estimate of drug-likeness (QED) is 0.780. The minimum absolute atomic E-state index is 0.127. The lowest BCUT2D eigenvalue weighted by Crippen LogP contribution is -2.34. The first-order valence-electron chi connectivity index (χ1n) is 8.09. The highest BCUT2D eigenvalue weighted by molar-refractivity contribution is 5.29. The second-order valence-corrected chi connectivity index (χ2v) is 6.37. The van der Waals surface area contributed by atoms with Crippen LogP contribution in [0.3, 0.4) is 0 Å². The minimum Gasteiger partial charge on any atom is -0.380 e. The van der Waals surface area contributed by atoms with E-state index in [2.05, 4.69) is 24.3 Å². The van der Waals surface area contributed by atoms with E-state index in [9.17, 15) is 0 Å². The van der Waals surface area contributed by atoms with Crippen molar-refractivity contribution in [1.82, 2.24) is 15.1 Å². The highest BCUT2D eigenvalue weighted by Gasteiger charge is 2.33. The molecule has 1 aliphatic carbocycles. The zero-order chi connectivity index (χ0) is 14.8. The maximum atomic E-state index is 5.98. The zero-order valence-corrected chi connectivity index (χ0v) is 13.4. The largest absolute Gasteiger partial charge is 0.380 e. The second-order valence-electron chi connectivity index (χ2n) is 6.37. The van der Waals surface area contributed by atoms with E-state index in [0.717, 1.165) is 44.4 Å². The van der Waals surface area contributed by atoms with Crippen molar-refractivity contribution in [2.75, 3.05) is 26.4 Å². The Kier molecular flexibility index (Phi) is 4.62. The van der Waals surface area contributed by atoms with Crippen LogP contribution in [0.1, 0.15) is 42.3 Å². The summed E-state index contributed by atoms with van der Waals surface area (Å²) in [4.78, 5) is 0. The van der Waals surface area contributed by atoms with Gasteiger partial charge in [-0.1, -0.05) is 0 Å². The van der Waals surface area contributed by atoms with Gasteiger partial charge in [0, 0.05) is 44.1 Å². The number of nitrogens with one attached hydrogen (secondary N) is 1. The molecule has 2 heterocycles. The molecular formula is C16H27N3O2. The molecule has 2 fully saturated rings. The molecule has 0 radical (unpaired) electrons. The summed E-state index contributed by atoms with van der Waals surface area (Å²) >= 11 is 0. The van der Waals surface area contributed by atoms with Crippen LogP contribution in [0.2, 0.25) is 0 Å². The van der Waals surface area contributed by atoms with Gasteiger partial charge >= 0.3 is 0 Å². The molecule has 2 aliphatic rings. The number of ether oxygens (including phenoxy) is 2. The Morgan fingerprint density at radius 3 is 2.81 bits per heavy atom. The first-order valence-corrected chi connectivity index (χ1v) is 8.09. The van der Waals surface area contributed by atoms with Crippen LogP contribution in [0.4, 0.5) is 0 Å². The van der Waals surface area contributed by atoms with E-state index in [1.807, 2.05) is 11.7 Å². The van der Waals surface area contributed by atoms with Crippen molar-refractivity contribution < 1.29 is 9.47 Å². The van der Waals surface area contributed by atoms with Crippen molar-refractivity contribution in [2.45, 2.75) is 45.3 Å². The molecule has 1 saturated carbocycles. The van der Waals surface area contributed by atoms with Gasteiger partial charge in [-0.2, -0.15) is 5.10 Å². The smallest absolute Gasteiger partial charge is 0.101 e. The van der Waals surface area contributed by atoms with Crippen molar-refractivity contribution in [1.29, 1.82) is 0 Å². The molecule has 1 N–H and O–H groups in total. The lowest BCUT2D eigenvalue weighted by molar-refractivity contribution is 0.0908. The third kappa shape index (κ3) is 3.47. The highest BCUT2D eigenvalue weighted by atomic mass is 16.5. The maximum absolute atomic E-state index is 5.98. The number of aromatic nitrogens is 2. The Labute approximate surface area is 127 Å². The average Bonchev–Trinajstić information content (AvgIpc) is 3.11. The molecule has 1 aromatic rings. The Balaban J connectivity index is 1.52. The highest BCUT2D eigenvalue weighted by Crippen LogP contribution is 2.33. The predicted octanol–water partition coefficient (Wildman–Crippen LogP) is 1.88. The van der Waals surface area contributed by atoms with Crippen LogP contribution in [0, 0.1) is 19.8 Å². The lowest BCUT2D eigenvalue weighted by atomic mass is 10.0. The molecule has 0 unspecified atom stereocenters. The summed E-state index contributed by atoms with van der Waals surface area (Å²) in [5.74, 6) is 0.841. The molecule has 118 valence electrons. The van der Waals surface area contributed by atoms with E-state index in [1.165, 1.54) is 24.1 Å². The maximum Gasteiger partial charge on any atom is 0.101 e. The Bertz CT molecular complexity index is 482. The molecule has 5 nitrogen and oxygen atoms in total. The van der Waals surface area contributed by atoms with Crippen molar-refractivity contribution in [3.05, 3.63) is 17.0 Å². The zero-order valence-electron chi connectivity index (χ0n) is 13.4. The summed E-state index contributed by atoms with van der Waals surface area (Å²) in [6.45, 7) is 7.64. The Hall–Kier alpha value is -0.910. The average molecular weight is 293 g/mol. The van der Waals surface area contributed by atoms with Crippen molar-refractivity contribution >= 4 is 0 Å². The third-order valence-corrected chi connectivity index (χ3v) is 4.64. The number of rotatable bonds is 7. The molecule has 1 aliphatic heterocycles. The van der Waals surface area contributed by atoms with Crippen LogP contribution >= 0.6 is 0 Å². The molecule has 0 bridgehead atoms. The molecule has 0 aromatic carbocycles. The molecule has 0 amide bonds. The summed E-state index contributed by atoms with van der Waals surface area (Å²) in [7, 11) is 1.99. The Morgan fingerprint density at radius 2 is 2.14 bits per heavy atom. The van der Waals surface area contributed by atoms with Gasteiger partial charge in [-0.05, 0) is 39.0 Å². The fraction of sp³-hybridized carbons (Fsp3) is 0.812. The SMILES string of the molecule is Cc1nn(C)c(C)c1[C@H]1OCC[C@@H]1NCCOCC1CC1. The van der Waals surface area contributed by atoms with E-state index >= 15 is 0 Å². The van der Waals surface area contributed by atoms with E-state index < -0.39 is 0 Å². The minimum atomic E-state index is 0.127. The lowest BCUT2D eigenvalue weighted by Gasteiger charge is -2.20. The van der Waals surface area contributed by atoms with Gasteiger partial charge in [0.2, 0.25) is 0 Å². The first-order chi connectivity index (χ1) is 10.2. The fourth-order valence-corrected chi connectivity index (χ4v) is 3.14. The van der Waals surface area contributed by atoms with E-state index in [4.69, 9.17) is 9.47 Å². The number of aryl methyl sites for hydroxylation is 2. The monoisotopic (exact) mass is 293 g/mol. The summed E-state index contributed by atoms with van der Waals surface area (Å²) < 4.78 is 13.6. The Morgan fingerprint density at radius 1 is 1.33 bits per heavy atom. The van der Waals surface area contributed by atoms with Gasteiger partial charge in [0.15, 0.2) is 0 Å². The second kappa shape index (κ2) is 6.46. The van der Waals surface area contributed by atoms with Crippen LogP contribution in [-0.4, -0.2) is 42.2 Å². The van der Waals surface area contributed by atoms with Gasteiger partial charge in [0.25, 0.3) is 0 Å². The molecule has 1 aromatic heterocycles. The molecule has 0 spiro atoms. The molecule has 3 rings (SSSR count). The van der Waals surface area contributed by atoms with Crippen LogP contribution in [0.5, 0.6) is 0 Å². The standard InChI is InChI=1S/C16H27N3O2/c1-11-15(12(2)19(3)18-11)16-14(6-8-21-16)17-7-9-20-10-13-4-5-13/h13-14,16-17H,4-10H2,1-3H3/t14-,16-/m0/s1. The summed E-state index contributed by atoms with van der Waals surface area (Å²) in [5, 5.41) is 8.11. The summed E-state index contributed by atoms with van der Waals surface area (Å²) in [6, 6.07) is 0.371. The van der Waals surface area contributed by atoms with E-state index in [1.54, 1.807) is 0 Å². The van der Waals surface area contributed by atoms with Crippen molar-refractivity contribution in [2.24, 2.45) is 13.0 Å². The van der Waals surface area contributed by atoms with Gasteiger partial charge in [0.1, 0.15) is 6.10 Å². The van der Waals surface area contributed by atoms with Gasteiger partial charge < -0.3 is 14.8 Å². The van der Waals surface area contributed by atoms with Crippen molar-refractivity contribution in [3.63, 3.8) is 0 Å². The fourth-order valence-electron chi connectivity index (χ4n) is 3.14. The molecule has 5 heteroatoms. The normalized spacial score (nSPS) is 25.7. The molecular weight excluding hydrogens is 266 g/mol. The van der Waals surface area contributed by atoms with Gasteiger partial charge in [0.05, 0.1) is 12.3 Å². The third-order valence-electron chi connectivity index (χ3n) is 4.64. The van der Waals surface area contributed by atoms with E-state index in [-0.39, 0.29) is 6.10 Å². The summed E-state index contributed by atoms with van der Waals surface area (Å²) in [6.07, 6.45) is 3.89. The van der Waals surface area contributed by atoms with Crippen molar-refractivity contribution in [3.8, 4) is 0 Å². The van der Waals surface area contributed by atoms with Crippen LogP contribution in [0.15, 0.2) is 0 Å². The number of hydrogen-bond donors (Lipinski definition) is 1.